The SMILES string of the molecule is COc1ccc(-c2cc(-c3ccccc3)c3c(N)c(C(=O)OC4CCN(C(=O)Nc5ccccc5)CC4)sc3n2)cc1. The Morgan fingerprint density at radius 3 is 2.26 bits per heavy atom. The van der Waals surface area contributed by atoms with Crippen LogP contribution in [0.15, 0.2) is 91.0 Å². The average molecular weight is 579 g/mol. The van der Waals surface area contributed by atoms with Gasteiger partial charge in [0, 0.05) is 42.6 Å². The van der Waals surface area contributed by atoms with Crippen molar-refractivity contribution in [2.24, 2.45) is 0 Å². The number of hydrogen-bond acceptors (Lipinski definition) is 7. The number of amides is 2. The second kappa shape index (κ2) is 11.9. The van der Waals surface area contributed by atoms with Crippen molar-refractivity contribution in [3.63, 3.8) is 0 Å². The summed E-state index contributed by atoms with van der Waals surface area (Å²) in [6.07, 6.45) is 0.793. The van der Waals surface area contributed by atoms with Crippen LogP contribution in [-0.2, 0) is 4.74 Å². The second-order valence-electron chi connectivity index (χ2n) is 10.1. The van der Waals surface area contributed by atoms with E-state index in [1.165, 1.54) is 11.3 Å². The molecule has 0 aliphatic carbocycles. The third-order valence-electron chi connectivity index (χ3n) is 7.38. The second-order valence-corrected chi connectivity index (χ2v) is 11.1. The molecular weight excluding hydrogens is 548 g/mol. The normalized spacial score (nSPS) is 13.6. The first-order valence-corrected chi connectivity index (χ1v) is 14.6. The molecule has 0 radical (unpaired) electrons. The number of nitrogen functional groups attached to an aromatic ring is 1. The summed E-state index contributed by atoms with van der Waals surface area (Å²) in [5.74, 6) is 0.295. The fourth-order valence-electron chi connectivity index (χ4n) is 5.13. The third-order valence-corrected chi connectivity index (χ3v) is 8.46. The van der Waals surface area contributed by atoms with Gasteiger partial charge in [0.05, 0.1) is 18.5 Å². The summed E-state index contributed by atoms with van der Waals surface area (Å²) < 4.78 is 11.2. The Hall–Kier alpha value is -4.89. The van der Waals surface area contributed by atoms with E-state index in [4.69, 9.17) is 20.2 Å². The van der Waals surface area contributed by atoms with Crippen LogP contribution < -0.4 is 15.8 Å². The molecule has 0 bridgehead atoms. The maximum atomic E-state index is 13.4. The molecule has 1 fully saturated rings. The Kier molecular flexibility index (Phi) is 7.74. The summed E-state index contributed by atoms with van der Waals surface area (Å²) in [4.78, 5) is 33.7. The first kappa shape index (κ1) is 27.3. The monoisotopic (exact) mass is 578 g/mol. The lowest BCUT2D eigenvalue weighted by Gasteiger charge is -2.31. The molecule has 0 unspecified atom stereocenters. The number of carbonyl (C=O) groups is 2. The van der Waals surface area contributed by atoms with Crippen molar-refractivity contribution in [1.82, 2.24) is 9.88 Å². The van der Waals surface area contributed by atoms with E-state index >= 15 is 0 Å². The van der Waals surface area contributed by atoms with E-state index in [0.29, 0.717) is 41.3 Å². The molecular formula is C33H30N4O4S. The van der Waals surface area contributed by atoms with Gasteiger partial charge in [0.15, 0.2) is 0 Å². The molecule has 0 atom stereocenters. The van der Waals surface area contributed by atoms with Gasteiger partial charge in [-0.15, -0.1) is 11.3 Å². The molecule has 2 aromatic heterocycles. The van der Waals surface area contributed by atoms with Gasteiger partial charge in [-0.05, 0) is 53.6 Å². The van der Waals surface area contributed by atoms with E-state index in [1.807, 2.05) is 91.0 Å². The molecule has 1 aliphatic rings. The fourth-order valence-corrected chi connectivity index (χ4v) is 6.14. The zero-order valence-corrected chi connectivity index (χ0v) is 23.9. The topological polar surface area (TPSA) is 107 Å². The smallest absolute Gasteiger partial charge is 0.350 e. The number of likely N-dealkylation sites (tertiary alicyclic amines) is 1. The minimum Gasteiger partial charge on any atom is -0.497 e. The number of aromatic nitrogens is 1. The van der Waals surface area contributed by atoms with Crippen molar-refractivity contribution < 1.29 is 19.1 Å². The number of para-hydroxylation sites is 1. The highest BCUT2D eigenvalue weighted by atomic mass is 32.1. The number of rotatable bonds is 6. The number of methoxy groups -OCH3 is 1. The van der Waals surface area contributed by atoms with Gasteiger partial charge in [-0.2, -0.15) is 0 Å². The largest absolute Gasteiger partial charge is 0.497 e. The Bertz CT molecular complexity index is 1710. The van der Waals surface area contributed by atoms with Crippen LogP contribution >= 0.6 is 11.3 Å². The van der Waals surface area contributed by atoms with E-state index in [1.54, 1.807) is 12.0 Å². The maximum absolute atomic E-state index is 13.4. The standard InChI is InChI=1S/C33H30N4O4S/c1-40-24-14-12-22(13-15-24)27-20-26(21-8-4-2-5-9-21)28-29(34)30(42-31(28)36-27)32(38)41-25-16-18-37(19-17-25)33(39)35-23-10-6-3-7-11-23/h2-15,20,25H,16-19,34H2,1H3,(H,35,39). The fraction of sp³-hybridized carbons (Fsp3) is 0.182. The van der Waals surface area contributed by atoms with E-state index in [0.717, 1.165) is 39.2 Å². The molecule has 9 heteroatoms. The summed E-state index contributed by atoms with van der Waals surface area (Å²) in [5.41, 5.74) is 11.3. The highest BCUT2D eigenvalue weighted by Crippen LogP contribution is 2.42. The number of anilines is 2. The first-order chi connectivity index (χ1) is 20.5. The third kappa shape index (κ3) is 5.64. The van der Waals surface area contributed by atoms with Crippen LogP contribution in [0.3, 0.4) is 0 Å². The average Bonchev–Trinajstić information content (AvgIpc) is 3.38. The zero-order valence-electron chi connectivity index (χ0n) is 23.1. The number of nitrogens with zero attached hydrogens (tertiary/aromatic N) is 2. The Morgan fingerprint density at radius 1 is 0.929 bits per heavy atom. The first-order valence-electron chi connectivity index (χ1n) is 13.7. The number of ether oxygens (including phenoxy) is 2. The van der Waals surface area contributed by atoms with Crippen molar-refractivity contribution in [1.29, 1.82) is 0 Å². The van der Waals surface area contributed by atoms with E-state index in [9.17, 15) is 9.59 Å². The number of thiophene rings is 1. The molecule has 3 N–H and O–H groups in total. The van der Waals surface area contributed by atoms with Gasteiger partial charge in [-0.1, -0.05) is 48.5 Å². The number of esters is 1. The lowest BCUT2D eigenvalue weighted by Crippen LogP contribution is -2.43. The molecule has 3 heterocycles. The predicted molar refractivity (Wildman–Crippen MR) is 167 cm³/mol. The van der Waals surface area contributed by atoms with Gasteiger partial charge in [0.2, 0.25) is 0 Å². The number of fused-ring (bicyclic) bond motifs is 1. The predicted octanol–water partition coefficient (Wildman–Crippen LogP) is 7.07. The quantitative estimate of drug-likeness (QED) is 0.209. The highest BCUT2D eigenvalue weighted by molar-refractivity contribution is 7.21. The number of benzene rings is 3. The van der Waals surface area contributed by atoms with Crippen LogP contribution in [0.25, 0.3) is 32.6 Å². The van der Waals surface area contributed by atoms with Crippen LogP contribution in [0.1, 0.15) is 22.5 Å². The molecule has 0 spiro atoms. The van der Waals surface area contributed by atoms with Gasteiger partial charge >= 0.3 is 12.0 Å². The molecule has 8 nitrogen and oxygen atoms in total. The number of nitrogens with one attached hydrogen (secondary N) is 1. The summed E-state index contributed by atoms with van der Waals surface area (Å²) in [5, 5.41) is 3.65. The zero-order chi connectivity index (χ0) is 29.1. The summed E-state index contributed by atoms with van der Waals surface area (Å²) >= 11 is 1.24. The van der Waals surface area contributed by atoms with Gasteiger partial charge in [0.25, 0.3) is 0 Å². The minimum atomic E-state index is -0.465. The molecule has 0 saturated carbocycles. The summed E-state index contributed by atoms with van der Waals surface area (Å²) in [7, 11) is 1.63. The van der Waals surface area contributed by atoms with Crippen LogP contribution in [-0.4, -0.2) is 48.2 Å². The van der Waals surface area contributed by atoms with Crippen molar-refractivity contribution in [3.05, 3.63) is 95.9 Å². The molecule has 1 saturated heterocycles. The van der Waals surface area contributed by atoms with Crippen LogP contribution in [0.4, 0.5) is 16.2 Å². The summed E-state index contributed by atoms with van der Waals surface area (Å²) in [6.45, 7) is 0.979. The Balaban J connectivity index is 1.23. The molecule has 2 amide bonds. The van der Waals surface area contributed by atoms with E-state index in [-0.39, 0.29) is 12.1 Å². The van der Waals surface area contributed by atoms with Crippen molar-refractivity contribution in [3.8, 4) is 28.1 Å². The lowest BCUT2D eigenvalue weighted by atomic mass is 9.99. The molecule has 3 aromatic carbocycles. The minimum absolute atomic E-state index is 0.160. The van der Waals surface area contributed by atoms with Crippen molar-refractivity contribution in [2.75, 3.05) is 31.2 Å². The number of nitrogens with two attached hydrogens (primary N) is 1. The van der Waals surface area contributed by atoms with Crippen LogP contribution in [0, 0.1) is 0 Å². The van der Waals surface area contributed by atoms with Crippen molar-refractivity contribution in [2.45, 2.75) is 18.9 Å². The van der Waals surface area contributed by atoms with E-state index in [2.05, 4.69) is 5.32 Å². The van der Waals surface area contributed by atoms with E-state index < -0.39 is 5.97 Å². The van der Waals surface area contributed by atoms with Gasteiger partial charge in [-0.25, -0.2) is 14.6 Å². The van der Waals surface area contributed by atoms with Crippen molar-refractivity contribution >= 4 is 44.9 Å². The molecule has 5 aromatic rings. The van der Waals surface area contributed by atoms with Gasteiger partial charge in [0.1, 0.15) is 21.6 Å². The van der Waals surface area contributed by atoms with Gasteiger partial charge in [-0.3, -0.25) is 0 Å². The summed E-state index contributed by atoms with van der Waals surface area (Å²) in [6, 6.07) is 28.8. The van der Waals surface area contributed by atoms with Gasteiger partial charge < -0.3 is 25.4 Å². The maximum Gasteiger partial charge on any atom is 0.350 e. The molecule has 212 valence electrons. The number of hydrogen-bond donors (Lipinski definition) is 2. The lowest BCUT2D eigenvalue weighted by molar-refractivity contribution is 0.0164. The van der Waals surface area contributed by atoms with Crippen LogP contribution in [0.2, 0.25) is 0 Å². The molecule has 1 aliphatic heterocycles. The Labute approximate surface area is 247 Å². The molecule has 6 rings (SSSR count). The molecule has 42 heavy (non-hydrogen) atoms. The number of piperidine rings is 1. The number of carbonyl (C=O) groups excluding carboxylic acids is 2. The number of urea groups is 1. The van der Waals surface area contributed by atoms with Crippen LogP contribution in [0.5, 0.6) is 5.75 Å². The number of pyridine rings is 1. The highest BCUT2D eigenvalue weighted by Gasteiger charge is 2.28. The Morgan fingerprint density at radius 2 is 1.60 bits per heavy atom.